The molecule has 0 radical (unpaired) electrons. The van der Waals surface area contributed by atoms with E-state index in [-0.39, 0.29) is 6.10 Å². The Kier molecular flexibility index (Phi) is 6.24. The summed E-state index contributed by atoms with van der Waals surface area (Å²) >= 11 is 6.09. The van der Waals surface area contributed by atoms with Gasteiger partial charge in [-0.05, 0) is 39.0 Å². The first-order valence-electron chi connectivity index (χ1n) is 7.51. The van der Waals surface area contributed by atoms with Gasteiger partial charge in [0.25, 0.3) is 0 Å². The van der Waals surface area contributed by atoms with Crippen molar-refractivity contribution in [1.82, 2.24) is 0 Å². The second-order valence-corrected chi connectivity index (χ2v) is 5.31. The summed E-state index contributed by atoms with van der Waals surface area (Å²) in [7, 11) is 0. The fourth-order valence-electron chi connectivity index (χ4n) is 2.17. The Morgan fingerprint density at radius 3 is 2.91 bits per heavy atom. The number of rotatable bonds is 7. The van der Waals surface area contributed by atoms with Crippen molar-refractivity contribution in [1.29, 1.82) is 0 Å². The van der Waals surface area contributed by atoms with Crippen LogP contribution in [0, 0.1) is 0 Å². The first-order valence-corrected chi connectivity index (χ1v) is 7.89. The monoisotopic (exact) mass is 341 g/mol. The highest BCUT2D eigenvalue weighted by Gasteiger charge is 2.29. The molecule has 2 rings (SSSR count). The summed E-state index contributed by atoms with van der Waals surface area (Å²) < 4.78 is 16.3. The number of nitrogens with zero attached hydrogens (tertiary/aromatic N) is 1. The smallest absolute Gasteiger partial charge is 0.347 e. The zero-order valence-corrected chi connectivity index (χ0v) is 14.1. The highest BCUT2D eigenvalue weighted by atomic mass is 35.5. The number of carbonyl (C=O) groups is 1. The van der Waals surface area contributed by atoms with E-state index >= 15 is 0 Å². The maximum absolute atomic E-state index is 11.8. The molecule has 2 atom stereocenters. The molecular formula is C16H20ClNO5. The van der Waals surface area contributed by atoms with Crippen molar-refractivity contribution in [3.8, 4) is 5.75 Å². The molecule has 0 aliphatic carbocycles. The molecule has 23 heavy (non-hydrogen) atoms. The van der Waals surface area contributed by atoms with E-state index in [1.54, 1.807) is 32.0 Å². The molecule has 0 bridgehead atoms. The van der Waals surface area contributed by atoms with E-state index in [1.807, 2.05) is 6.92 Å². The van der Waals surface area contributed by atoms with Gasteiger partial charge in [-0.15, -0.1) is 0 Å². The van der Waals surface area contributed by atoms with Gasteiger partial charge < -0.3 is 19.0 Å². The van der Waals surface area contributed by atoms with Crippen LogP contribution in [-0.4, -0.2) is 43.7 Å². The molecule has 0 saturated carbocycles. The number of halogens is 1. The van der Waals surface area contributed by atoms with Crippen LogP contribution in [0.4, 0.5) is 0 Å². The van der Waals surface area contributed by atoms with E-state index in [2.05, 4.69) is 5.16 Å². The number of carbonyl (C=O) groups excluding carboxylic acids is 1. The van der Waals surface area contributed by atoms with Crippen LogP contribution in [0.5, 0.6) is 5.75 Å². The number of esters is 1. The van der Waals surface area contributed by atoms with Crippen LogP contribution >= 0.6 is 11.6 Å². The molecule has 0 saturated heterocycles. The lowest BCUT2D eigenvalue weighted by atomic mass is 10.0. The Labute approximate surface area is 140 Å². The third kappa shape index (κ3) is 4.36. The number of hydrogen-bond donors (Lipinski definition) is 0. The number of ether oxygens (including phenoxy) is 3. The van der Waals surface area contributed by atoms with Crippen LogP contribution in [0.25, 0.3) is 0 Å². The third-order valence-electron chi connectivity index (χ3n) is 3.20. The van der Waals surface area contributed by atoms with Gasteiger partial charge in [0.05, 0.1) is 6.61 Å². The summed E-state index contributed by atoms with van der Waals surface area (Å²) in [4.78, 5) is 16.9. The lowest BCUT2D eigenvalue weighted by Crippen LogP contribution is -2.28. The number of benzene rings is 1. The summed E-state index contributed by atoms with van der Waals surface area (Å²) in [6.07, 6.45) is -1.04. The van der Waals surface area contributed by atoms with Gasteiger partial charge in [-0.2, -0.15) is 0 Å². The molecule has 0 fully saturated rings. The fraction of sp³-hybridized carbons (Fsp3) is 0.500. The number of hydrogen-bond acceptors (Lipinski definition) is 6. The van der Waals surface area contributed by atoms with Crippen LogP contribution in [0.2, 0.25) is 5.02 Å². The predicted molar refractivity (Wildman–Crippen MR) is 86.1 cm³/mol. The van der Waals surface area contributed by atoms with E-state index in [9.17, 15) is 4.79 Å². The minimum atomic E-state index is -0.747. The molecule has 1 unspecified atom stereocenters. The molecule has 126 valence electrons. The topological polar surface area (TPSA) is 66.4 Å². The van der Waals surface area contributed by atoms with Crippen molar-refractivity contribution in [3.63, 3.8) is 0 Å². The standard InChI is InChI=1S/C16H20ClNO5/c1-4-20-14-9-22-18-15(14)12-8-11(17)6-7-13(12)23-10(3)16(19)21-5-2/h6-8,10,14H,4-5,9H2,1-3H3/t10-,14?/m0/s1. The van der Waals surface area contributed by atoms with Crippen LogP contribution in [-0.2, 0) is 19.1 Å². The maximum Gasteiger partial charge on any atom is 0.347 e. The summed E-state index contributed by atoms with van der Waals surface area (Å²) in [6.45, 7) is 6.44. The van der Waals surface area contributed by atoms with Crippen LogP contribution in [0.1, 0.15) is 26.3 Å². The van der Waals surface area contributed by atoms with Crippen molar-refractivity contribution < 1.29 is 23.8 Å². The van der Waals surface area contributed by atoms with Crippen molar-refractivity contribution in [3.05, 3.63) is 28.8 Å². The third-order valence-corrected chi connectivity index (χ3v) is 3.44. The Morgan fingerprint density at radius 2 is 2.22 bits per heavy atom. The van der Waals surface area contributed by atoms with Crippen molar-refractivity contribution in [2.24, 2.45) is 5.16 Å². The van der Waals surface area contributed by atoms with Gasteiger partial charge >= 0.3 is 5.97 Å². The zero-order chi connectivity index (χ0) is 16.8. The molecule has 0 N–H and O–H groups in total. The highest BCUT2D eigenvalue weighted by Crippen LogP contribution is 2.28. The lowest BCUT2D eigenvalue weighted by molar-refractivity contribution is -0.150. The Morgan fingerprint density at radius 1 is 1.43 bits per heavy atom. The second kappa shape index (κ2) is 8.17. The second-order valence-electron chi connectivity index (χ2n) is 4.87. The van der Waals surface area contributed by atoms with Crippen LogP contribution < -0.4 is 4.74 Å². The summed E-state index contributed by atoms with van der Waals surface area (Å²) in [5, 5.41) is 4.56. The molecule has 6 nitrogen and oxygen atoms in total. The van der Waals surface area contributed by atoms with Gasteiger partial charge in [0.1, 0.15) is 24.2 Å². The molecule has 1 aliphatic rings. The quantitative estimate of drug-likeness (QED) is 0.713. The highest BCUT2D eigenvalue weighted by molar-refractivity contribution is 6.31. The molecule has 0 spiro atoms. The van der Waals surface area contributed by atoms with Gasteiger partial charge in [0, 0.05) is 17.2 Å². The van der Waals surface area contributed by atoms with Crippen molar-refractivity contribution >= 4 is 23.3 Å². The number of oxime groups is 1. The molecular weight excluding hydrogens is 322 g/mol. The van der Waals surface area contributed by atoms with Gasteiger partial charge in [0.15, 0.2) is 6.10 Å². The molecule has 1 aromatic carbocycles. The Balaban J connectivity index is 2.26. The normalized spacial score (nSPS) is 18.1. The minimum Gasteiger partial charge on any atom is -0.478 e. The average Bonchev–Trinajstić information content (AvgIpc) is 2.97. The molecule has 7 heteroatoms. The van der Waals surface area contributed by atoms with Crippen molar-refractivity contribution in [2.75, 3.05) is 19.8 Å². The lowest BCUT2D eigenvalue weighted by Gasteiger charge is -2.18. The average molecular weight is 342 g/mol. The van der Waals surface area contributed by atoms with E-state index in [1.165, 1.54) is 0 Å². The molecule has 0 amide bonds. The Hall–Kier alpha value is -1.79. The first-order chi connectivity index (χ1) is 11.1. The predicted octanol–water partition coefficient (Wildman–Crippen LogP) is 2.81. The van der Waals surface area contributed by atoms with E-state index < -0.39 is 12.1 Å². The van der Waals surface area contributed by atoms with Crippen molar-refractivity contribution in [2.45, 2.75) is 33.0 Å². The summed E-state index contributed by atoms with van der Waals surface area (Å²) in [6, 6.07) is 5.09. The van der Waals surface area contributed by atoms with E-state index in [4.69, 9.17) is 30.6 Å². The SMILES string of the molecule is CCOC(=O)[C@H](C)Oc1ccc(Cl)cc1C1=NOCC1OCC. The zero-order valence-electron chi connectivity index (χ0n) is 13.4. The fourth-order valence-corrected chi connectivity index (χ4v) is 2.34. The van der Waals surface area contributed by atoms with Crippen LogP contribution in [0.15, 0.2) is 23.4 Å². The summed E-state index contributed by atoms with van der Waals surface area (Å²) in [5.74, 6) is 0.0447. The minimum absolute atomic E-state index is 0.293. The van der Waals surface area contributed by atoms with E-state index in [0.29, 0.717) is 41.9 Å². The largest absolute Gasteiger partial charge is 0.478 e. The Bertz CT molecular complexity index is 590. The van der Waals surface area contributed by atoms with E-state index in [0.717, 1.165) is 0 Å². The molecule has 0 aromatic heterocycles. The van der Waals surface area contributed by atoms with Gasteiger partial charge in [-0.3, -0.25) is 0 Å². The maximum atomic E-state index is 11.8. The van der Waals surface area contributed by atoms with Crippen LogP contribution in [0.3, 0.4) is 0 Å². The van der Waals surface area contributed by atoms with Gasteiger partial charge in [0.2, 0.25) is 0 Å². The summed E-state index contributed by atoms with van der Waals surface area (Å²) in [5.41, 5.74) is 1.24. The first kappa shape index (κ1) is 17.6. The molecule has 1 aromatic rings. The van der Waals surface area contributed by atoms with Gasteiger partial charge in [-0.25, -0.2) is 4.79 Å². The van der Waals surface area contributed by atoms with Gasteiger partial charge in [-0.1, -0.05) is 16.8 Å². The molecule has 1 aliphatic heterocycles. The molecule has 1 heterocycles.